The monoisotopic (exact) mass is 247 g/mol. The third-order valence-corrected chi connectivity index (χ3v) is 3.17. The van der Waals surface area contributed by atoms with Crippen LogP contribution < -0.4 is 0 Å². The molecule has 1 N–H and O–H groups in total. The van der Waals surface area contributed by atoms with Crippen molar-refractivity contribution in [3.8, 4) is 11.1 Å². The van der Waals surface area contributed by atoms with Crippen molar-refractivity contribution in [3.63, 3.8) is 0 Å². The van der Waals surface area contributed by atoms with Gasteiger partial charge in [0.2, 0.25) is 0 Å². The number of aromatic amines is 1. The van der Waals surface area contributed by atoms with Gasteiger partial charge in [-0.1, -0.05) is 6.07 Å². The molecule has 0 atom stereocenters. The molecule has 0 saturated carbocycles. The normalized spacial score (nSPS) is 11.2. The fourth-order valence-corrected chi connectivity index (χ4v) is 2.25. The molecule has 1 aromatic carbocycles. The van der Waals surface area contributed by atoms with Gasteiger partial charge >= 0.3 is 0 Å². The van der Waals surface area contributed by atoms with Crippen LogP contribution in [-0.4, -0.2) is 24.9 Å². The number of nitrogens with zero attached hydrogens (tertiary/aromatic N) is 4. The van der Waals surface area contributed by atoms with Crippen LogP contribution in [0, 0.1) is 0 Å². The molecule has 0 fully saturated rings. The summed E-state index contributed by atoms with van der Waals surface area (Å²) in [7, 11) is 0. The van der Waals surface area contributed by atoms with Gasteiger partial charge in [-0.2, -0.15) is 0 Å². The summed E-state index contributed by atoms with van der Waals surface area (Å²) in [6.45, 7) is 0. The van der Waals surface area contributed by atoms with E-state index in [1.165, 1.54) is 6.33 Å². The van der Waals surface area contributed by atoms with Crippen LogP contribution in [0.15, 0.2) is 49.4 Å². The Labute approximate surface area is 108 Å². The number of benzene rings is 1. The molecule has 0 saturated heterocycles. The van der Waals surface area contributed by atoms with Gasteiger partial charge in [0, 0.05) is 34.9 Å². The van der Waals surface area contributed by atoms with Gasteiger partial charge in [-0.15, -0.1) is 0 Å². The Hall–Kier alpha value is -2.82. The lowest BCUT2D eigenvalue weighted by Crippen LogP contribution is -1.83. The number of nitrogens with one attached hydrogen (secondary N) is 1. The molecular formula is C14H9N5. The third-order valence-electron chi connectivity index (χ3n) is 3.17. The molecule has 90 valence electrons. The molecule has 0 radical (unpaired) electrons. The Morgan fingerprint density at radius 3 is 2.84 bits per heavy atom. The van der Waals surface area contributed by atoms with Gasteiger partial charge in [0.05, 0.1) is 5.52 Å². The summed E-state index contributed by atoms with van der Waals surface area (Å²) in [5, 5.41) is 2.03. The Morgan fingerprint density at radius 2 is 1.84 bits per heavy atom. The molecule has 0 unspecified atom stereocenters. The highest BCUT2D eigenvalue weighted by Crippen LogP contribution is 2.28. The van der Waals surface area contributed by atoms with Crippen molar-refractivity contribution in [2.75, 3.05) is 0 Å². The summed E-state index contributed by atoms with van der Waals surface area (Å²) in [6, 6.07) is 6.12. The van der Waals surface area contributed by atoms with Crippen molar-refractivity contribution < 1.29 is 0 Å². The summed E-state index contributed by atoms with van der Waals surface area (Å²) in [5.74, 6) is 0. The average molecular weight is 247 g/mol. The summed E-state index contributed by atoms with van der Waals surface area (Å²) in [4.78, 5) is 19.7. The smallest absolute Gasteiger partial charge is 0.141 e. The summed E-state index contributed by atoms with van der Waals surface area (Å²) in [6.07, 6.45) is 8.68. The Bertz CT molecular complexity index is 881. The molecule has 5 heteroatoms. The van der Waals surface area contributed by atoms with E-state index in [9.17, 15) is 0 Å². The van der Waals surface area contributed by atoms with Crippen LogP contribution in [0.25, 0.3) is 33.1 Å². The van der Waals surface area contributed by atoms with E-state index in [0.29, 0.717) is 0 Å². The first-order valence-corrected chi connectivity index (χ1v) is 5.89. The van der Waals surface area contributed by atoms with Crippen LogP contribution in [0.2, 0.25) is 0 Å². The fraction of sp³-hybridized carbons (Fsp3) is 0. The number of rotatable bonds is 1. The lowest BCUT2D eigenvalue weighted by Gasteiger charge is -2.01. The molecule has 0 aliphatic carbocycles. The Balaban J connectivity index is 1.99. The van der Waals surface area contributed by atoms with Crippen molar-refractivity contribution in [3.05, 3.63) is 49.4 Å². The molecule has 0 aliphatic heterocycles. The van der Waals surface area contributed by atoms with E-state index in [1.54, 1.807) is 6.33 Å². The zero-order chi connectivity index (χ0) is 12.7. The molecule has 0 amide bonds. The van der Waals surface area contributed by atoms with Gasteiger partial charge < -0.3 is 4.98 Å². The van der Waals surface area contributed by atoms with Crippen LogP contribution in [0.5, 0.6) is 0 Å². The van der Waals surface area contributed by atoms with Gasteiger partial charge in [0.15, 0.2) is 0 Å². The van der Waals surface area contributed by atoms with E-state index in [2.05, 4.69) is 31.0 Å². The summed E-state index contributed by atoms with van der Waals surface area (Å²) in [5.41, 5.74) is 3.97. The zero-order valence-corrected chi connectivity index (χ0v) is 9.91. The van der Waals surface area contributed by atoms with Crippen LogP contribution in [0.1, 0.15) is 0 Å². The first-order valence-electron chi connectivity index (χ1n) is 5.89. The fourth-order valence-electron chi connectivity index (χ4n) is 2.25. The molecule has 0 bridgehead atoms. The first-order chi connectivity index (χ1) is 9.42. The van der Waals surface area contributed by atoms with E-state index in [1.807, 2.05) is 30.7 Å². The maximum atomic E-state index is 4.22. The number of hydrogen-bond donors (Lipinski definition) is 1. The maximum Gasteiger partial charge on any atom is 0.141 e. The van der Waals surface area contributed by atoms with Gasteiger partial charge in [-0.3, -0.25) is 0 Å². The molecular weight excluding hydrogens is 238 g/mol. The standard InChI is InChI=1S/C14H9N5/c1-2-13-10(4-15-7-18-13)3-9(1)11-6-17-14-12(11)5-16-8-19-14/h1-8H,(H,16,17,19). The van der Waals surface area contributed by atoms with Crippen LogP contribution in [0.4, 0.5) is 0 Å². The molecule has 19 heavy (non-hydrogen) atoms. The van der Waals surface area contributed by atoms with E-state index >= 15 is 0 Å². The number of H-pyrrole nitrogens is 1. The second-order valence-electron chi connectivity index (χ2n) is 4.28. The predicted octanol–water partition coefficient (Wildman–Crippen LogP) is 2.57. The largest absolute Gasteiger partial charge is 0.345 e. The van der Waals surface area contributed by atoms with Crippen molar-refractivity contribution >= 4 is 21.9 Å². The molecule has 3 heterocycles. The van der Waals surface area contributed by atoms with Crippen LogP contribution >= 0.6 is 0 Å². The minimum absolute atomic E-state index is 0.842. The molecule has 5 nitrogen and oxygen atoms in total. The highest BCUT2D eigenvalue weighted by molar-refractivity contribution is 5.95. The zero-order valence-electron chi connectivity index (χ0n) is 9.91. The topological polar surface area (TPSA) is 67.3 Å². The van der Waals surface area contributed by atoms with Gasteiger partial charge in [0.1, 0.15) is 18.3 Å². The number of fused-ring (bicyclic) bond motifs is 2. The second-order valence-corrected chi connectivity index (χ2v) is 4.28. The van der Waals surface area contributed by atoms with E-state index in [4.69, 9.17) is 0 Å². The molecule has 3 aromatic heterocycles. The Kier molecular flexibility index (Phi) is 2.05. The van der Waals surface area contributed by atoms with Crippen molar-refractivity contribution in [1.29, 1.82) is 0 Å². The SMILES string of the molecule is c1ncc2cc(-c3c[nH]c4ncncc34)ccc2n1. The van der Waals surface area contributed by atoms with Crippen molar-refractivity contribution in [2.45, 2.75) is 0 Å². The lowest BCUT2D eigenvalue weighted by molar-refractivity contribution is 1.20. The van der Waals surface area contributed by atoms with Crippen LogP contribution in [0.3, 0.4) is 0 Å². The Morgan fingerprint density at radius 1 is 0.947 bits per heavy atom. The second kappa shape index (κ2) is 3.84. The van der Waals surface area contributed by atoms with E-state index < -0.39 is 0 Å². The van der Waals surface area contributed by atoms with Crippen molar-refractivity contribution in [1.82, 2.24) is 24.9 Å². The predicted molar refractivity (Wildman–Crippen MR) is 72.4 cm³/mol. The van der Waals surface area contributed by atoms with Crippen LogP contribution in [-0.2, 0) is 0 Å². The maximum absolute atomic E-state index is 4.22. The molecule has 4 rings (SSSR count). The van der Waals surface area contributed by atoms with E-state index in [0.717, 1.165) is 33.1 Å². The molecule has 4 aromatic rings. The highest BCUT2D eigenvalue weighted by atomic mass is 14.9. The summed E-state index contributed by atoms with van der Waals surface area (Å²) < 4.78 is 0. The molecule has 0 aliphatic rings. The average Bonchev–Trinajstić information content (AvgIpc) is 2.91. The third kappa shape index (κ3) is 1.55. The molecule has 0 spiro atoms. The quantitative estimate of drug-likeness (QED) is 0.561. The minimum atomic E-state index is 0.842. The number of aromatic nitrogens is 5. The van der Waals surface area contributed by atoms with Gasteiger partial charge in [-0.05, 0) is 17.7 Å². The van der Waals surface area contributed by atoms with E-state index in [-0.39, 0.29) is 0 Å². The van der Waals surface area contributed by atoms with Crippen molar-refractivity contribution in [2.24, 2.45) is 0 Å². The number of hydrogen-bond acceptors (Lipinski definition) is 4. The van der Waals surface area contributed by atoms with Gasteiger partial charge in [0.25, 0.3) is 0 Å². The first kappa shape index (κ1) is 10.1. The van der Waals surface area contributed by atoms with Gasteiger partial charge in [-0.25, -0.2) is 19.9 Å². The summed E-state index contributed by atoms with van der Waals surface area (Å²) >= 11 is 0. The lowest BCUT2D eigenvalue weighted by atomic mass is 10.0. The highest BCUT2D eigenvalue weighted by Gasteiger charge is 2.07. The minimum Gasteiger partial charge on any atom is -0.345 e.